The first kappa shape index (κ1) is 16.8. The van der Waals surface area contributed by atoms with Crippen LogP contribution in [0, 0.1) is 0 Å². The predicted octanol–water partition coefficient (Wildman–Crippen LogP) is 3.41. The monoisotopic (exact) mass is 321 g/mol. The molecule has 3 rings (SSSR count). The molecule has 1 aromatic heterocycles. The van der Waals surface area contributed by atoms with Crippen molar-refractivity contribution < 1.29 is 4.74 Å². The molecule has 0 spiro atoms. The van der Waals surface area contributed by atoms with E-state index in [9.17, 15) is 0 Å². The lowest BCUT2D eigenvalue weighted by atomic mass is 9.87. The molecule has 0 atom stereocenters. The zero-order valence-electron chi connectivity index (χ0n) is 13.2. The van der Waals surface area contributed by atoms with Gasteiger partial charge in [-0.3, -0.25) is 4.68 Å². The summed E-state index contributed by atoms with van der Waals surface area (Å²) >= 11 is 0. The van der Waals surface area contributed by atoms with Crippen LogP contribution in [0.5, 0.6) is 5.75 Å². The number of aryl methyl sites for hydroxylation is 1. The van der Waals surface area contributed by atoms with E-state index in [2.05, 4.69) is 34.8 Å². The van der Waals surface area contributed by atoms with Crippen LogP contribution in [0.1, 0.15) is 36.8 Å². The van der Waals surface area contributed by atoms with Crippen molar-refractivity contribution in [2.45, 2.75) is 37.8 Å². The lowest BCUT2D eigenvalue weighted by Crippen LogP contribution is -2.39. The molecule has 0 aliphatic heterocycles. The van der Waals surface area contributed by atoms with E-state index in [0.717, 1.165) is 25.1 Å². The Labute approximate surface area is 138 Å². The summed E-state index contributed by atoms with van der Waals surface area (Å²) in [5, 5.41) is 8.03. The Balaban J connectivity index is 0.00000176. The Hall–Kier alpha value is -1.52. The highest BCUT2D eigenvalue weighted by molar-refractivity contribution is 5.85. The second kappa shape index (κ2) is 7.16. The second-order valence-electron chi connectivity index (χ2n) is 5.87. The first-order chi connectivity index (χ1) is 10.2. The fraction of sp³-hybridized carbons (Fsp3) is 0.471. The minimum atomic E-state index is 0. The first-order valence-corrected chi connectivity index (χ1v) is 7.59. The number of nitrogens with one attached hydrogen (secondary N) is 1. The first-order valence-electron chi connectivity index (χ1n) is 7.59. The number of methoxy groups -OCH3 is 1. The summed E-state index contributed by atoms with van der Waals surface area (Å²) in [5.41, 5.74) is 2.54. The Bertz CT molecular complexity index is 605. The number of ether oxygens (including phenoxy) is 1. The molecule has 0 bridgehead atoms. The minimum absolute atomic E-state index is 0. The summed E-state index contributed by atoms with van der Waals surface area (Å²) in [7, 11) is 3.71. The molecule has 5 heteroatoms. The SMILES string of the molecule is COc1ccccc1C1(NCc2cnn(C)c2)CCCC1.Cl. The Kier molecular flexibility index (Phi) is 5.48. The van der Waals surface area contributed by atoms with Gasteiger partial charge in [0.1, 0.15) is 5.75 Å². The van der Waals surface area contributed by atoms with E-state index >= 15 is 0 Å². The van der Waals surface area contributed by atoms with Crippen LogP contribution in [0.15, 0.2) is 36.7 Å². The molecule has 1 heterocycles. The third-order valence-electron chi connectivity index (χ3n) is 4.47. The normalized spacial score (nSPS) is 16.3. The van der Waals surface area contributed by atoms with E-state index in [4.69, 9.17) is 4.74 Å². The molecule has 0 unspecified atom stereocenters. The van der Waals surface area contributed by atoms with E-state index < -0.39 is 0 Å². The van der Waals surface area contributed by atoms with Crippen molar-refractivity contribution in [2.24, 2.45) is 7.05 Å². The average molecular weight is 322 g/mol. The fourth-order valence-corrected chi connectivity index (χ4v) is 3.39. The summed E-state index contributed by atoms with van der Waals surface area (Å²) in [5.74, 6) is 0.984. The highest BCUT2D eigenvalue weighted by atomic mass is 35.5. The lowest BCUT2D eigenvalue weighted by molar-refractivity contribution is 0.316. The Morgan fingerprint density at radius 1 is 1.27 bits per heavy atom. The van der Waals surface area contributed by atoms with E-state index in [-0.39, 0.29) is 17.9 Å². The van der Waals surface area contributed by atoms with Gasteiger partial charge in [0, 0.05) is 36.5 Å². The molecule has 1 fully saturated rings. The summed E-state index contributed by atoms with van der Waals surface area (Å²) in [6.45, 7) is 0.839. The zero-order valence-corrected chi connectivity index (χ0v) is 14.0. The third kappa shape index (κ3) is 3.28. The van der Waals surface area contributed by atoms with Gasteiger partial charge in [0.05, 0.1) is 13.3 Å². The minimum Gasteiger partial charge on any atom is -0.496 e. The van der Waals surface area contributed by atoms with Gasteiger partial charge in [0.25, 0.3) is 0 Å². The second-order valence-corrected chi connectivity index (χ2v) is 5.87. The number of halogens is 1. The van der Waals surface area contributed by atoms with E-state index in [1.165, 1.54) is 24.0 Å². The van der Waals surface area contributed by atoms with Crippen LogP contribution < -0.4 is 10.1 Å². The number of hydrogen-bond donors (Lipinski definition) is 1. The molecule has 0 saturated heterocycles. The molecule has 4 nitrogen and oxygen atoms in total. The number of para-hydroxylation sites is 1. The van der Waals surface area contributed by atoms with Gasteiger partial charge in [-0.05, 0) is 18.9 Å². The van der Waals surface area contributed by atoms with Crippen molar-refractivity contribution in [1.82, 2.24) is 15.1 Å². The molecule has 1 N–H and O–H groups in total. The molecule has 120 valence electrons. The third-order valence-corrected chi connectivity index (χ3v) is 4.47. The van der Waals surface area contributed by atoms with Gasteiger partial charge in [-0.15, -0.1) is 12.4 Å². The molecule has 2 aromatic rings. The van der Waals surface area contributed by atoms with E-state index in [1.54, 1.807) is 7.11 Å². The van der Waals surface area contributed by atoms with Gasteiger partial charge in [0.15, 0.2) is 0 Å². The van der Waals surface area contributed by atoms with Crippen molar-refractivity contribution >= 4 is 12.4 Å². The van der Waals surface area contributed by atoms with Crippen molar-refractivity contribution in [2.75, 3.05) is 7.11 Å². The number of aromatic nitrogens is 2. The average Bonchev–Trinajstić information content (AvgIpc) is 3.15. The van der Waals surface area contributed by atoms with Crippen LogP contribution in [0.4, 0.5) is 0 Å². The van der Waals surface area contributed by atoms with Crippen molar-refractivity contribution in [1.29, 1.82) is 0 Å². The van der Waals surface area contributed by atoms with Crippen LogP contribution in [-0.4, -0.2) is 16.9 Å². The topological polar surface area (TPSA) is 39.1 Å². The maximum atomic E-state index is 5.58. The molecule has 1 aliphatic carbocycles. The maximum Gasteiger partial charge on any atom is 0.123 e. The number of benzene rings is 1. The molecule has 1 aliphatic rings. The van der Waals surface area contributed by atoms with Crippen LogP contribution in [-0.2, 0) is 19.1 Å². The number of rotatable bonds is 5. The van der Waals surface area contributed by atoms with Gasteiger partial charge < -0.3 is 10.1 Å². The van der Waals surface area contributed by atoms with Crippen molar-refractivity contribution in [3.05, 3.63) is 47.8 Å². The standard InChI is InChI=1S/C17H23N3O.ClH/c1-20-13-14(12-19-20)11-18-17(9-5-6-10-17)15-7-3-4-8-16(15)21-2;/h3-4,7-8,12-13,18H,5-6,9-11H2,1-2H3;1H. The highest BCUT2D eigenvalue weighted by Crippen LogP contribution is 2.42. The number of hydrogen-bond acceptors (Lipinski definition) is 3. The lowest BCUT2D eigenvalue weighted by Gasteiger charge is -2.32. The van der Waals surface area contributed by atoms with Crippen LogP contribution >= 0.6 is 12.4 Å². The summed E-state index contributed by atoms with van der Waals surface area (Å²) in [6, 6.07) is 8.39. The largest absolute Gasteiger partial charge is 0.496 e. The molecule has 1 saturated carbocycles. The predicted molar refractivity (Wildman–Crippen MR) is 90.4 cm³/mol. The Morgan fingerprint density at radius 2 is 2.00 bits per heavy atom. The maximum absolute atomic E-state index is 5.58. The van der Waals surface area contributed by atoms with Crippen LogP contribution in [0.3, 0.4) is 0 Å². The smallest absolute Gasteiger partial charge is 0.123 e. The Morgan fingerprint density at radius 3 is 2.64 bits per heavy atom. The van der Waals surface area contributed by atoms with Crippen LogP contribution in [0.2, 0.25) is 0 Å². The van der Waals surface area contributed by atoms with Crippen molar-refractivity contribution in [3.8, 4) is 5.75 Å². The van der Waals surface area contributed by atoms with Gasteiger partial charge in [-0.1, -0.05) is 31.0 Å². The van der Waals surface area contributed by atoms with Crippen molar-refractivity contribution in [3.63, 3.8) is 0 Å². The summed E-state index contributed by atoms with van der Waals surface area (Å²) in [4.78, 5) is 0. The van der Waals surface area contributed by atoms with E-state index in [1.807, 2.05) is 24.0 Å². The quantitative estimate of drug-likeness (QED) is 0.917. The molecular formula is C17H24ClN3O. The number of nitrogens with zero attached hydrogens (tertiary/aromatic N) is 2. The van der Waals surface area contributed by atoms with Gasteiger partial charge >= 0.3 is 0 Å². The van der Waals surface area contributed by atoms with Gasteiger partial charge in [0.2, 0.25) is 0 Å². The summed E-state index contributed by atoms with van der Waals surface area (Å²) in [6.07, 6.45) is 8.84. The molecule has 1 aromatic carbocycles. The molecular weight excluding hydrogens is 298 g/mol. The molecule has 22 heavy (non-hydrogen) atoms. The highest BCUT2D eigenvalue weighted by Gasteiger charge is 2.37. The molecule has 0 radical (unpaired) electrons. The van der Waals surface area contributed by atoms with Crippen LogP contribution in [0.25, 0.3) is 0 Å². The summed E-state index contributed by atoms with van der Waals surface area (Å²) < 4.78 is 7.43. The molecule has 0 amide bonds. The van der Waals surface area contributed by atoms with E-state index in [0.29, 0.717) is 0 Å². The zero-order chi connectivity index (χ0) is 14.7. The fourth-order valence-electron chi connectivity index (χ4n) is 3.39. The van der Waals surface area contributed by atoms with Gasteiger partial charge in [-0.2, -0.15) is 5.10 Å². The van der Waals surface area contributed by atoms with Gasteiger partial charge in [-0.25, -0.2) is 0 Å².